The van der Waals surface area contributed by atoms with Gasteiger partial charge >= 0.3 is 21.3 Å². The summed E-state index contributed by atoms with van der Waals surface area (Å²) in [5, 5.41) is 0.429. The molecule has 0 radical (unpaired) electrons. The van der Waals surface area contributed by atoms with Crippen LogP contribution in [-0.4, -0.2) is 13.9 Å². The molecule has 0 aliphatic rings. The molecule has 9 heteroatoms. The van der Waals surface area contributed by atoms with Crippen LogP contribution >= 0.6 is 0 Å². The molecule has 2 rings (SSSR count). The van der Waals surface area contributed by atoms with Crippen LogP contribution in [0.4, 0.5) is 13.2 Å². The third-order valence-electron chi connectivity index (χ3n) is 2.37. The van der Waals surface area contributed by atoms with Crippen LogP contribution in [0.3, 0.4) is 0 Å². The molecule has 0 unspecified atom stereocenters. The van der Waals surface area contributed by atoms with Gasteiger partial charge in [0, 0.05) is 17.0 Å². The van der Waals surface area contributed by atoms with Gasteiger partial charge in [-0.15, -0.1) is 0 Å². The van der Waals surface area contributed by atoms with Gasteiger partial charge in [0.05, 0.1) is 0 Å². The summed E-state index contributed by atoms with van der Waals surface area (Å²) in [6, 6.07) is 4.68. The van der Waals surface area contributed by atoms with Crippen LogP contribution in [0.15, 0.2) is 33.5 Å². The number of hydrogen-bond acceptors (Lipinski definition) is 5. The van der Waals surface area contributed by atoms with E-state index in [9.17, 15) is 26.4 Å². The van der Waals surface area contributed by atoms with Crippen LogP contribution in [0.25, 0.3) is 11.0 Å². The van der Waals surface area contributed by atoms with E-state index in [-0.39, 0.29) is 5.58 Å². The number of hydrogen-bond donors (Lipinski definition) is 0. The second-order valence-corrected chi connectivity index (χ2v) is 5.44. The average Bonchev–Trinajstić information content (AvgIpc) is 2.29. The van der Waals surface area contributed by atoms with E-state index in [4.69, 9.17) is 4.42 Å². The van der Waals surface area contributed by atoms with E-state index >= 15 is 0 Å². The number of fused-ring (bicyclic) bond motifs is 1. The zero-order chi connectivity index (χ0) is 15.1. The smallest absolute Gasteiger partial charge is 0.422 e. The molecule has 0 amide bonds. The largest absolute Gasteiger partial charge is 0.534 e. The number of alkyl halides is 3. The monoisotopic (exact) mass is 308 g/mol. The molecule has 20 heavy (non-hydrogen) atoms. The first-order valence-corrected chi connectivity index (χ1v) is 6.56. The van der Waals surface area contributed by atoms with Crippen molar-refractivity contribution in [3.05, 3.63) is 40.2 Å². The van der Waals surface area contributed by atoms with Crippen LogP contribution < -0.4 is 9.81 Å². The van der Waals surface area contributed by atoms with Crippen LogP contribution in [-0.2, 0) is 10.1 Å². The van der Waals surface area contributed by atoms with E-state index in [1.165, 1.54) is 19.1 Å². The Morgan fingerprint density at radius 2 is 1.85 bits per heavy atom. The van der Waals surface area contributed by atoms with E-state index in [1.807, 2.05) is 0 Å². The van der Waals surface area contributed by atoms with Gasteiger partial charge in [0.1, 0.15) is 11.3 Å². The first-order valence-electron chi connectivity index (χ1n) is 5.15. The quantitative estimate of drug-likeness (QED) is 0.483. The molecular weight excluding hydrogens is 301 g/mol. The van der Waals surface area contributed by atoms with Gasteiger partial charge < -0.3 is 8.60 Å². The Bertz CT molecular complexity index is 820. The second-order valence-electron chi connectivity index (χ2n) is 3.90. The van der Waals surface area contributed by atoms with Gasteiger partial charge in [-0.1, -0.05) is 0 Å². The molecule has 1 heterocycles. The predicted molar refractivity (Wildman–Crippen MR) is 62.8 cm³/mol. The third-order valence-corrected chi connectivity index (χ3v) is 3.35. The predicted octanol–water partition coefficient (Wildman–Crippen LogP) is 2.33. The zero-order valence-electron chi connectivity index (χ0n) is 9.89. The third kappa shape index (κ3) is 2.62. The van der Waals surface area contributed by atoms with Crippen LogP contribution in [0.1, 0.15) is 5.56 Å². The van der Waals surface area contributed by atoms with Crippen molar-refractivity contribution in [2.24, 2.45) is 0 Å². The summed E-state index contributed by atoms with van der Waals surface area (Å²) in [5.41, 5.74) is -5.96. The van der Waals surface area contributed by atoms with E-state index < -0.39 is 27.0 Å². The maximum Gasteiger partial charge on any atom is 0.534 e. The number of rotatable bonds is 2. The summed E-state index contributed by atoms with van der Waals surface area (Å²) < 4.78 is 66.9. The molecular formula is C11H7F3O5S. The van der Waals surface area contributed by atoms with Crippen molar-refractivity contribution < 1.29 is 30.2 Å². The van der Waals surface area contributed by atoms with Crippen molar-refractivity contribution in [2.45, 2.75) is 12.4 Å². The van der Waals surface area contributed by atoms with Crippen molar-refractivity contribution >= 4 is 21.1 Å². The molecule has 0 aliphatic carbocycles. The maximum absolute atomic E-state index is 12.2. The molecule has 0 fully saturated rings. The SMILES string of the molecule is Cc1cc2ccc(OS(=O)(=O)C(F)(F)F)cc2oc1=O. The highest BCUT2D eigenvalue weighted by Crippen LogP contribution is 2.28. The van der Waals surface area contributed by atoms with Crippen molar-refractivity contribution in [2.75, 3.05) is 0 Å². The first-order chi connectivity index (χ1) is 9.10. The summed E-state index contributed by atoms with van der Waals surface area (Å²) in [6.07, 6.45) is 0. The summed E-state index contributed by atoms with van der Waals surface area (Å²) >= 11 is 0. The Morgan fingerprint density at radius 3 is 2.45 bits per heavy atom. The highest BCUT2D eigenvalue weighted by atomic mass is 32.2. The lowest BCUT2D eigenvalue weighted by Gasteiger charge is -2.09. The molecule has 0 saturated carbocycles. The van der Waals surface area contributed by atoms with E-state index in [0.717, 1.165) is 12.1 Å². The molecule has 0 atom stereocenters. The van der Waals surface area contributed by atoms with Crippen LogP contribution in [0, 0.1) is 6.92 Å². The van der Waals surface area contributed by atoms with Crippen molar-refractivity contribution in [1.29, 1.82) is 0 Å². The Hall–Kier alpha value is -2.03. The molecule has 2 aromatic rings. The van der Waals surface area contributed by atoms with E-state index in [1.54, 1.807) is 0 Å². The Kier molecular flexibility index (Phi) is 3.24. The highest BCUT2D eigenvalue weighted by Gasteiger charge is 2.48. The molecule has 1 aromatic carbocycles. The van der Waals surface area contributed by atoms with Crippen molar-refractivity contribution in [1.82, 2.24) is 0 Å². The minimum atomic E-state index is -5.76. The zero-order valence-corrected chi connectivity index (χ0v) is 10.7. The first kappa shape index (κ1) is 14.4. The Labute approximate surface area is 110 Å². The molecule has 108 valence electrons. The van der Waals surface area contributed by atoms with Gasteiger partial charge in [0.25, 0.3) is 0 Å². The van der Waals surface area contributed by atoms with E-state index in [0.29, 0.717) is 10.9 Å². The number of aryl methyl sites for hydroxylation is 1. The number of benzene rings is 1. The standard InChI is InChI=1S/C11H7F3O5S/c1-6-4-7-2-3-8(5-9(7)18-10(6)15)19-20(16,17)11(12,13)14/h2-5H,1H3. The minimum Gasteiger partial charge on any atom is -0.422 e. The van der Waals surface area contributed by atoms with Crippen molar-refractivity contribution in [3.63, 3.8) is 0 Å². The average molecular weight is 308 g/mol. The summed E-state index contributed by atoms with van der Waals surface area (Å²) in [6.45, 7) is 1.50. The lowest BCUT2D eigenvalue weighted by atomic mass is 10.2. The molecule has 1 aromatic heterocycles. The molecule has 0 N–H and O–H groups in total. The van der Waals surface area contributed by atoms with Gasteiger partial charge in [-0.2, -0.15) is 21.6 Å². The van der Waals surface area contributed by atoms with Crippen LogP contribution in [0.5, 0.6) is 5.75 Å². The molecule has 0 bridgehead atoms. The number of halogens is 3. The molecule has 0 saturated heterocycles. The lowest BCUT2D eigenvalue weighted by Crippen LogP contribution is -2.28. The van der Waals surface area contributed by atoms with Gasteiger partial charge in [-0.05, 0) is 25.1 Å². The summed E-state index contributed by atoms with van der Waals surface area (Å²) in [4.78, 5) is 11.3. The fourth-order valence-corrected chi connectivity index (χ4v) is 1.87. The Balaban J connectivity index is 2.48. The fourth-order valence-electron chi connectivity index (χ4n) is 1.42. The van der Waals surface area contributed by atoms with Gasteiger partial charge in [0.2, 0.25) is 0 Å². The lowest BCUT2D eigenvalue weighted by molar-refractivity contribution is -0.0500. The van der Waals surface area contributed by atoms with Gasteiger partial charge in [0.15, 0.2) is 0 Å². The molecule has 5 nitrogen and oxygen atoms in total. The minimum absolute atomic E-state index is 0.0736. The van der Waals surface area contributed by atoms with Gasteiger partial charge in [-0.3, -0.25) is 0 Å². The van der Waals surface area contributed by atoms with E-state index in [2.05, 4.69) is 4.18 Å². The second kappa shape index (κ2) is 4.51. The molecule has 0 aliphatic heterocycles. The highest BCUT2D eigenvalue weighted by molar-refractivity contribution is 7.88. The molecule has 0 spiro atoms. The van der Waals surface area contributed by atoms with Crippen LogP contribution in [0.2, 0.25) is 0 Å². The maximum atomic E-state index is 12.2. The van der Waals surface area contributed by atoms with Crippen molar-refractivity contribution in [3.8, 4) is 5.75 Å². The summed E-state index contributed by atoms with van der Waals surface area (Å²) in [7, 11) is -5.76. The summed E-state index contributed by atoms with van der Waals surface area (Å²) in [5.74, 6) is -0.596. The fraction of sp³-hybridized carbons (Fsp3) is 0.182. The van der Waals surface area contributed by atoms with Gasteiger partial charge in [-0.25, -0.2) is 4.79 Å². The Morgan fingerprint density at radius 1 is 1.20 bits per heavy atom. The topological polar surface area (TPSA) is 73.6 Å². The normalized spacial score (nSPS) is 12.6.